The van der Waals surface area contributed by atoms with Crippen LogP contribution in [0.25, 0.3) is 0 Å². The average Bonchev–Trinajstić information content (AvgIpc) is 3.04. The molecule has 3 aromatic rings. The maximum atomic E-state index is 12.6. The van der Waals surface area contributed by atoms with Gasteiger partial charge in [-0.3, -0.25) is 0 Å². The van der Waals surface area contributed by atoms with Gasteiger partial charge in [0.2, 0.25) is 0 Å². The van der Waals surface area contributed by atoms with E-state index >= 15 is 0 Å². The Morgan fingerprint density at radius 2 is 0.953 bits per heavy atom. The molecule has 0 amide bonds. The zero-order chi connectivity index (χ0) is 30.5. The number of esters is 2. The first-order valence-corrected chi connectivity index (χ1v) is 15.9. The first-order chi connectivity index (χ1) is 21.1. The highest BCUT2D eigenvalue weighted by Gasteiger charge is 2.09. The maximum absolute atomic E-state index is 12.6. The summed E-state index contributed by atoms with van der Waals surface area (Å²) < 4.78 is 16.7. The highest BCUT2D eigenvalue weighted by Crippen LogP contribution is 2.19. The zero-order valence-electron chi connectivity index (χ0n) is 25.9. The van der Waals surface area contributed by atoms with Gasteiger partial charge in [0.25, 0.3) is 0 Å². The maximum Gasteiger partial charge on any atom is 0.343 e. The second-order valence-electron chi connectivity index (χ2n) is 10.8. The van der Waals surface area contributed by atoms with E-state index in [0.717, 1.165) is 36.1 Å². The number of carbonyl (C=O) groups excluding carboxylic acids is 2. The topological polar surface area (TPSA) is 61.8 Å². The number of carbonyl (C=O) groups is 2. The van der Waals surface area contributed by atoms with Crippen LogP contribution in [0.4, 0.5) is 0 Å². The molecule has 0 saturated carbocycles. The van der Waals surface area contributed by atoms with Crippen LogP contribution in [0.15, 0.2) is 72.8 Å². The van der Waals surface area contributed by atoms with Crippen molar-refractivity contribution in [3.8, 4) is 23.3 Å². The van der Waals surface area contributed by atoms with Gasteiger partial charge in [-0.05, 0) is 85.6 Å². The molecular formula is C38H46O5. The van der Waals surface area contributed by atoms with Gasteiger partial charge in [-0.15, -0.1) is 0 Å². The fraction of sp³-hybridized carbons (Fsp3) is 0.421. The number of benzene rings is 3. The monoisotopic (exact) mass is 582 g/mol. The van der Waals surface area contributed by atoms with E-state index in [4.69, 9.17) is 14.2 Å². The third kappa shape index (κ3) is 13.2. The second-order valence-corrected chi connectivity index (χ2v) is 10.8. The second kappa shape index (κ2) is 20.0. The van der Waals surface area contributed by atoms with Crippen molar-refractivity contribution in [3.63, 3.8) is 0 Å². The predicted octanol–water partition coefficient (Wildman–Crippen LogP) is 9.56. The summed E-state index contributed by atoms with van der Waals surface area (Å²) in [7, 11) is 0. The van der Waals surface area contributed by atoms with Crippen LogP contribution in [0.2, 0.25) is 0 Å². The van der Waals surface area contributed by atoms with Crippen LogP contribution in [0.5, 0.6) is 11.5 Å². The van der Waals surface area contributed by atoms with Gasteiger partial charge in [-0.25, -0.2) is 9.59 Å². The molecule has 0 fully saturated rings. The fourth-order valence-electron chi connectivity index (χ4n) is 4.50. The van der Waals surface area contributed by atoms with E-state index in [2.05, 4.69) is 25.7 Å². The van der Waals surface area contributed by atoms with Gasteiger partial charge in [-0.2, -0.15) is 0 Å². The van der Waals surface area contributed by atoms with Crippen molar-refractivity contribution in [2.24, 2.45) is 0 Å². The average molecular weight is 583 g/mol. The molecule has 0 spiro atoms. The standard InChI is InChI=1S/C38H46O5/c1-3-5-7-9-11-13-29-41-35-25-27-36(28-26-35)43-38(40)34-23-19-32(20-24-34)16-15-31-17-21-33(22-18-31)37(39)42-30-14-12-10-8-6-4-2/h17-28H,3-14,29-30H2,1-2H3. The largest absolute Gasteiger partial charge is 0.494 e. The van der Waals surface area contributed by atoms with Crippen LogP contribution in [0, 0.1) is 11.8 Å². The van der Waals surface area contributed by atoms with E-state index < -0.39 is 5.97 Å². The molecule has 0 heterocycles. The number of unbranched alkanes of at least 4 members (excludes halogenated alkanes) is 10. The summed E-state index contributed by atoms with van der Waals surface area (Å²) in [5, 5.41) is 0. The predicted molar refractivity (Wildman–Crippen MR) is 173 cm³/mol. The molecule has 0 radical (unpaired) electrons. The Balaban J connectivity index is 1.40. The van der Waals surface area contributed by atoms with Crippen molar-refractivity contribution in [1.82, 2.24) is 0 Å². The highest BCUT2D eigenvalue weighted by molar-refractivity contribution is 5.91. The lowest BCUT2D eigenvalue weighted by atomic mass is 10.1. The van der Waals surface area contributed by atoms with Crippen molar-refractivity contribution in [2.75, 3.05) is 13.2 Å². The van der Waals surface area contributed by atoms with E-state index in [1.807, 2.05) is 24.3 Å². The van der Waals surface area contributed by atoms with E-state index in [1.54, 1.807) is 48.5 Å². The summed E-state index contributed by atoms with van der Waals surface area (Å²) in [5.74, 6) is 6.70. The van der Waals surface area contributed by atoms with Crippen LogP contribution in [0.3, 0.4) is 0 Å². The molecule has 0 unspecified atom stereocenters. The molecule has 0 saturated heterocycles. The Morgan fingerprint density at radius 1 is 0.512 bits per heavy atom. The normalized spacial score (nSPS) is 10.5. The van der Waals surface area contributed by atoms with E-state index in [1.165, 1.54) is 57.8 Å². The van der Waals surface area contributed by atoms with Crippen LogP contribution in [-0.4, -0.2) is 25.2 Å². The fourth-order valence-corrected chi connectivity index (χ4v) is 4.50. The minimum absolute atomic E-state index is 0.302. The van der Waals surface area contributed by atoms with Crippen molar-refractivity contribution in [3.05, 3.63) is 95.1 Å². The first-order valence-electron chi connectivity index (χ1n) is 15.9. The molecule has 0 N–H and O–H groups in total. The summed E-state index contributed by atoms with van der Waals surface area (Å²) in [6, 6.07) is 21.2. The smallest absolute Gasteiger partial charge is 0.343 e. The number of hydrogen-bond donors (Lipinski definition) is 0. The molecule has 43 heavy (non-hydrogen) atoms. The number of rotatable bonds is 18. The van der Waals surface area contributed by atoms with E-state index in [9.17, 15) is 9.59 Å². The van der Waals surface area contributed by atoms with Crippen molar-refractivity contribution < 1.29 is 23.8 Å². The van der Waals surface area contributed by atoms with Gasteiger partial charge in [0, 0.05) is 11.1 Å². The Hall–Kier alpha value is -4.04. The van der Waals surface area contributed by atoms with Gasteiger partial charge in [0.15, 0.2) is 0 Å². The molecule has 0 aliphatic rings. The minimum Gasteiger partial charge on any atom is -0.494 e. The van der Waals surface area contributed by atoms with Crippen molar-refractivity contribution >= 4 is 11.9 Å². The number of ether oxygens (including phenoxy) is 3. The molecule has 3 aromatic carbocycles. The SMILES string of the molecule is CCCCCCCCOC(=O)c1ccc(C#Cc2ccc(C(=O)Oc3ccc(OCCCCCCCC)cc3)cc2)cc1. The van der Waals surface area contributed by atoms with Crippen LogP contribution >= 0.6 is 0 Å². The van der Waals surface area contributed by atoms with Crippen molar-refractivity contribution in [2.45, 2.75) is 90.9 Å². The third-order valence-electron chi connectivity index (χ3n) is 7.12. The Kier molecular flexibility index (Phi) is 15.5. The Labute approximate surface area is 258 Å². The van der Waals surface area contributed by atoms with Gasteiger partial charge in [0.05, 0.1) is 24.3 Å². The summed E-state index contributed by atoms with van der Waals surface area (Å²) in [6.45, 7) is 5.57. The number of hydrogen-bond acceptors (Lipinski definition) is 5. The molecule has 0 aromatic heterocycles. The Bertz CT molecular complexity index is 1280. The summed E-state index contributed by atoms with van der Waals surface area (Å²) in [6.07, 6.45) is 14.3. The Morgan fingerprint density at radius 3 is 1.49 bits per heavy atom. The van der Waals surface area contributed by atoms with Gasteiger partial charge < -0.3 is 14.2 Å². The third-order valence-corrected chi connectivity index (χ3v) is 7.12. The lowest BCUT2D eigenvalue weighted by Crippen LogP contribution is -2.08. The quantitative estimate of drug-likeness (QED) is 0.0647. The lowest BCUT2D eigenvalue weighted by molar-refractivity contribution is 0.0497. The minimum atomic E-state index is -0.431. The molecule has 3 rings (SSSR count). The summed E-state index contributed by atoms with van der Waals surface area (Å²) in [4.78, 5) is 24.9. The molecule has 0 atom stereocenters. The van der Waals surface area contributed by atoms with Gasteiger partial charge in [0.1, 0.15) is 11.5 Å². The van der Waals surface area contributed by atoms with E-state index in [0.29, 0.717) is 30.1 Å². The highest BCUT2D eigenvalue weighted by atomic mass is 16.5. The molecule has 0 aliphatic carbocycles. The van der Waals surface area contributed by atoms with E-state index in [-0.39, 0.29) is 5.97 Å². The summed E-state index contributed by atoms with van der Waals surface area (Å²) in [5.41, 5.74) is 2.52. The molecule has 5 nitrogen and oxygen atoms in total. The zero-order valence-corrected chi connectivity index (χ0v) is 25.9. The molecule has 0 aliphatic heterocycles. The molecule has 228 valence electrons. The van der Waals surface area contributed by atoms with Crippen LogP contribution in [-0.2, 0) is 4.74 Å². The molecule has 5 heteroatoms. The molecule has 0 bridgehead atoms. The molecular weight excluding hydrogens is 536 g/mol. The van der Waals surface area contributed by atoms with Crippen LogP contribution in [0.1, 0.15) is 123 Å². The van der Waals surface area contributed by atoms with Crippen LogP contribution < -0.4 is 9.47 Å². The lowest BCUT2D eigenvalue weighted by Gasteiger charge is -2.08. The first kappa shape index (κ1) is 33.5. The van der Waals surface area contributed by atoms with Gasteiger partial charge >= 0.3 is 11.9 Å². The van der Waals surface area contributed by atoms with Gasteiger partial charge in [-0.1, -0.05) is 89.9 Å². The summed E-state index contributed by atoms with van der Waals surface area (Å²) >= 11 is 0. The van der Waals surface area contributed by atoms with Crippen molar-refractivity contribution in [1.29, 1.82) is 0 Å².